The summed E-state index contributed by atoms with van der Waals surface area (Å²) in [6, 6.07) is 0. The summed E-state index contributed by atoms with van der Waals surface area (Å²) in [6.45, 7) is -0.433. The molecule has 0 fully saturated rings. The van der Waals surface area contributed by atoms with Crippen molar-refractivity contribution in [1.82, 2.24) is 0 Å². The monoisotopic (exact) mass is 218 g/mol. The summed E-state index contributed by atoms with van der Waals surface area (Å²) in [7, 11) is 0. The normalized spacial score (nSPS) is 19.9. The van der Waals surface area contributed by atoms with Gasteiger partial charge >= 0.3 is 0 Å². The quantitative estimate of drug-likeness (QED) is 0.625. The van der Waals surface area contributed by atoms with Gasteiger partial charge in [0.15, 0.2) is 18.5 Å². The fourth-order valence-electron chi connectivity index (χ4n) is 0.823. The molecule has 0 N–H and O–H groups in total. The Hall–Kier alpha value is -0.680. The Kier molecular flexibility index (Phi) is 5.64. The fourth-order valence-corrected chi connectivity index (χ4v) is 0.823. The van der Waals surface area contributed by atoms with Crippen molar-refractivity contribution in [2.45, 2.75) is 38.0 Å². The average molecular weight is 218 g/mol. The van der Waals surface area contributed by atoms with Gasteiger partial charge in [0.05, 0.1) is 6.67 Å². The number of carbonyl (C=O) groups excluding carboxylic acids is 1. The second-order valence-electron chi connectivity index (χ2n) is 2.86. The van der Waals surface area contributed by atoms with E-state index in [-0.39, 0.29) is 0 Å². The number of alkyl halides is 5. The molecule has 0 aliphatic heterocycles. The molecular weight excluding hydrogens is 207 g/mol. The maximum absolute atomic E-state index is 12.7. The lowest BCUT2D eigenvalue weighted by atomic mass is 10.0. The third kappa shape index (κ3) is 3.59. The van der Waals surface area contributed by atoms with Crippen molar-refractivity contribution in [2.24, 2.45) is 0 Å². The molecule has 0 aromatic carbocycles. The van der Waals surface area contributed by atoms with Gasteiger partial charge in [-0.1, -0.05) is 0 Å². The molecular formula is C8H11F5O. The third-order valence-corrected chi connectivity index (χ3v) is 1.67. The summed E-state index contributed by atoms with van der Waals surface area (Å²) in [6.07, 6.45) is -11.1. The van der Waals surface area contributed by atoms with Crippen molar-refractivity contribution in [1.29, 1.82) is 0 Å². The Bertz CT molecular complexity index is 185. The van der Waals surface area contributed by atoms with Gasteiger partial charge in [-0.05, 0) is 6.92 Å². The third-order valence-electron chi connectivity index (χ3n) is 1.67. The summed E-state index contributed by atoms with van der Waals surface area (Å²) < 4.78 is 61.7. The Morgan fingerprint density at radius 1 is 1.21 bits per heavy atom. The molecule has 0 saturated heterocycles. The molecule has 0 saturated carbocycles. The standard InChI is InChI=1S/C8H11F5O/c1-4(10)8(14)7(13)6(12)5(11)2-3-9/h4-7H,2-3H2,1H3. The van der Waals surface area contributed by atoms with E-state index in [1.165, 1.54) is 0 Å². The molecule has 4 unspecified atom stereocenters. The smallest absolute Gasteiger partial charge is 0.203 e. The van der Waals surface area contributed by atoms with Gasteiger partial charge in [-0.3, -0.25) is 9.18 Å². The first kappa shape index (κ1) is 13.3. The van der Waals surface area contributed by atoms with Crippen molar-refractivity contribution in [3.05, 3.63) is 0 Å². The molecule has 0 heterocycles. The van der Waals surface area contributed by atoms with E-state index in [0.29, 0.717) is 0 Å². The predicted molar refractivity (Wildman–Crippen MR) is 40.9 cm³/mol. The van der Waals surface area contributed by atoms with E-state index in [9.17, 15) is 26.7 Å². The van der Waals surface area contributed by atoms with E-state index in [1.54, 1.807) is 0 Å². The minimum Gasteiger partial charge on any atom is -0.293 e. The minimum absolute atomic E-state index is 0.726. The van der Waals surface area contributed by atoms with E-state index in [4.69, 9.17) is 0 Å². The first-order valence-corrected chi connectivity index (χ1v) is 4.07. The molecule has 0 aliphatic carbocycles. The molecule has 0 aliphatic rings. The summed E-state index contributed by atoms with van der Waals surface area (Å²) in [5, 5.41) is 0. The van der Waals surface area contributed by atoms with Crippen LogP contribution in [0.1, 0.15) is 13.3 Å². The number of carbonyl (C=O) groups is 1. The molecule has 0 bridgehead atoms. The van der Waals surface area contributed by atoms with Crippen molar-refractivity contribution >= 4 is 5.78 Å². The van der Waals surface area contributed by atoms with Gasteiger partial charge in [-0.15, -0.1) is 0 Å². The van der Waals surface area contributed by atoms with Gasteiger partial charge in [0, 0.05) is 6.42 Å². The fraction of sp³-hybridized carbons (Fsp3) is 0.875. The maximum atomic E-state index is 12.7. The van der Waals surface area contributed by atoms with Crippen LogP contribution in [0.3, 0.4) is 0 Å². The van der Waals surface area contributed by atoms with Crippen LogP contribution in [-0.2, 0) is 4.79 Å². The maximum Gasteiger partial charge on any atom is 0.203 e. The highest BCUT2D eigenvalue weighted by Crippen LogP contribution is 2.17. The highest BCUT2D eigenvalue weighted by Gasteiger charge is 2.36. The number of rotatable bonds is 6. The van der Waals surface area contributed by atoms with Crippen molar-refractivity contribution < 1.29 is 26.7 Å². The molecule has 4 atom stereocenters. The molecule has 0 aromatic rings. The van der Waals surface area contributed by atoms with E-state index < -0.39 is 43.6 Å². The summed E-state index contributed by atoms with van der Waals surface area (Å²) in [4.78, 5) is 10.5. The van der Waals surface area contributed by atoms with Crippen LogP contribution in [0, 0.1) is 0 Å². The van der Waals surface area contributed by atoms with Gasteiger partial charge in [0.25, 0.3) is 0 Å². The van der Waals surface area contributed by atoms with Gasteiger partial charge < -0.3 is 0 Å². The Morgan fingerprint density at radius 2 is 1.71 bits per heavy atom. The molecule has 1 nitrogen and oxygen atoms in total. The van der Waals surface area contributed by atoms with E-state index in [0.717, 1.165) is 6.92 Å². The molecule has 14 heavy (non-hydrogen) atoms. The zero-order valence-corrected chi connectivity index (χ0v) is 7.52. The molecule has 84 valence electrons. The number of hydrogen-bond donors (Lipinski definition) is 0. The SMILES string of the molecule is CC(F)C(=O)C(F)C(F)C(F)CCF. The lowest BCUT2D eigenvalue weighted by Crippen LogP contribution is -2.37. The predicted octanol–water partition coefficient (Wildman–Crippen LogP) is 2.29. The molecule has 0 radical (unpaired) electrons. The molecule has 0 spiro atoms. The van der Waals surface area contributed by atoms with Crippen molar-refractivity contribution in [2.75, 3.05) is 6.67 Å². The topological polar surface area (TPSA) is 17.1 Å². The van der Waals surface area contributed by atoms with Gasteiger partial charge in [0.2, 0.25) is 5.78 Å². The van der Waals surface area contributed by atoms with Gasteiger partial charge in [0.1, 0.15) is 6.17 Å². The van der Waals surface area contributed by atoms with Crippen LogP contribution < -0.4 is 0 Å². The highest BCUT2D eigenvalue weighted by molar-refractivity contribution is 5.87. The summed E-state index contributed by atoms with van der Waals surface area (Å²) in [5.41, 5.74) is 0. The average Bonchev–Trinajstić information content (AvgIpc) is 2.14. The zero-order chi connectivity index (χ0) is 11.3. The highest BCUT2D eigenvalue weighted by atomic mass is 19.2. The van der Waals surface area contributed by atoms with Crippen LogP contribution in [0.5, 0.6) is 0 Å². The first-order valence-electron chi connectivity index (χ1n) is 4.07. The van der Waals surface area contributed by atoms with E-state index in [2.05, 4.69) is 0 Å². The van der Waals surface area contributed by atoms with E-state index >= 15 is 0 Å². The Balaban J connectivity index is 4.23. The molecule has 0 aromatic heterocycles. The summed E-state index contributed by atoms with van der Waals surface area (Å²) in [5.74, 6) is -1.65. The molecule has 6 heteroatoms. The number of Topliss-reactive ketones (excluding diaryl/α,β-unsaturated/α-hetero) is 1. The van der Waals surface area contributed by atoms with Crippen LogP contribution in [0.4, 0.5) is 22.0 Å². The second-order valence-corrected chi connectivity index (χ2v) is 2.86. The largest absolute Gasteiger partial charge is 0.293 e. The first-order chi connectivity index (χ1) is 6.41. The van der Waals surface area contributed by atoms with Crippen LogP contribution in [0.15, 0.2) is 0 Å². The van der Waals surface area contributed by atoms with Crippen LogP contribution >= 0.6 is 0 Å². The van der Waals surface area contributed by atoms with Gasteiger partial charge in [-0.25, -0.2) is 17.6 Å². The minimum atomic E-state index is -2.86. The van der Waals surface area contributed by atoms with Gasteiger partial charge in [-0.2, -0.15) is 0 Å². The number of halogens is 5. The lowest BCUT2D eigenvalue weighted by molar-refractivity contribution is -0.131. The second kappa shape index (κ2) is 5.93. The number of hydrogen-bond acceptors (Lipinski definition) is 1. The summed E-state index contributed by atoms with van der Waals surface area (Å²) >= 11 is 0. The molecule has 0 rings (SSSR count). The zero-order valence-electron chi connectivity index (χ0n) is 7.52. The van der Waals surface area contributed by atoms with Crippen LogP contribution in [-0.4, -0.2) is 37.1 Å². The molecule has 0 amide bonds. The Labute approximate surface area is 78.3 Å². The van der Waals surface area contributed by atoms with Crippen LogP contribution in [0.25, 0.3) is 0 Å². The Morgan fingerprint density at radius 3 is 2.07 bits per heavy atom. The number of ketones is 1. The van der Waals surface area contributed by atoms with E-state index in [1.807, 2.05) is 0 Å². The van der Waals surface area contributed by atoms with Crippen molar-refractivity contribution in [3.8, 4) is 0 Å². The van der Waals surface area contributed by atoms with Crippen LogP contribution in [0.2, 0.25) is 0 Å². The lowest BCUT2D eigenvalue weighted by Gasteiger charge is -2.15. The van der Waals surface area contributed by atoms with Crippen molar-refractivity contribution in [3.63, 3.8) is 0 Å².